The molecule has 21 heavy (non-hydrogen) atoms. The number of carbonyl (C=O) groups is 1. The fourth-order valence-electron chi connectivity index (χ4n) is 1.97. The zero-order valence-electron chi connectivity index (χ0n) is 11.3. The predicted molar refractivity (Wildman–Crippen MR) is 72.9 cm³/mol. The third-order valence-corrected chi connectivity index (χ3v) is 2.93. The van der Waals surface area contributed by atoms with Gasteiger partial charge >= 0.3 is 5.97 Å². The molecule has 0 aliphatic heterocycles. The van der Waals surface area contributed by atoms with Crippen molar-refractivity contribution in [3.63, 3.8) is 0 Å². The highest BCUT2D eigenvalue weighted by molar-refractivity contribution is 5.85. The maximum Gasteiger partial charge on any atom is 0.302 e. The summed E-state index contributed by atoms with van der Waals surface area (Å²) in [5, 5.41) is 0. The van der Waals surface area contributed by atoms with Gasteiger partial charge in [0.2, 0.25) is 0 Å². The van der Waals surface area contributed by atoms with E-state index in [4.69, 9.17) is 14.9 Å². The van der Waals surface area contributed by atoms with Crippen molar-refractivity contribution in [1.29, 1.82) is 0 Å². The Hall–Kier alpha value is -2.74. The monoisotopic (exact) mass is 287 g/mol. The highest BCUT2D eigenvalue weighted by Gasteiger charge is 2.17. The third-order valence-electron chi connectivity index (χ3n) is 2.93. The highest BCUT2D eigenvalue weighted by atomic mass is 16.5. The van der Waals surface area contributed by atoms with Gasteiger partial charge in [-0.15, -0.1) is 0 Å². The molecule has 8 heteroatoms. The molecule has 1 atom stereocenters. The van der Waals surface area contributed by atoms with E-state index in [1.807, 2.05) is 0 Å². The molecule has 3 heterocycles. The normalized spacial score (nSPS) is 12.5. The fraction of sp³-hybridized carbons (Fsp3) is 0.231. The number of nitrogens with two attached hydrogens (primary N) is 1. The molecule has 0 radical (unpaired) electrons. The van der Waals surface area contributed by atoms with Crippen LogP contribution in [0, 0.1) is 0 Å². The second-order valence-corrected chi connectivity index (χ2v) is 4.39. The molecule has 0 saturated carbocycles. The van der Waals surface area contributed by atoms with E-state index in [9.17, 15) is 4.79 Å². The Kier molecular flexibility index (Phi) is 3.36. The van der Waals surface area contributed by atoms with Gasteiger partial charge in [0.15, 0.2) is 11.4 Å². The Bertz CT molecular complexity index is 765. The van der Waals surface area contributed by atoms with Crippen LogP contribution in [0.1, 0.15) is 13.1 Å². The Morgan fingerprint density at radius 2 is 2.33 bits per heavy atom. The minimum atomic E-state index is -0.571. The molecule has 1 unspecified atom stereocenters. The minimum absolute atomic E-state index is 0.0425. The quantitative estimate of drug-likeness (QED) is 0.715. The van der Waals surface area contributed by atoms with Gasteiger partial charge in [-0.05, 0) is 12.1 Å². The molecule has 0 aliphatic carbocycles. The van der Waals surface area contributed by atoms with E-state index >= 15 is 0 Å². The number of rotatable bonds is 4. The number of carbonyl (C=O) groups excluding carboxylic acids is 1. The number of hydrogen-bond donors (Lipinski definition) is 1. The number of hydrogen-bond acceptors (Lipinski definition) is 7. The Morgan fingerprint density at radius 1 is 1.48 bits per heavy atom. The average molecular weight is 287 g/mol. The molecular weight excluding hydrogens is 274 g/mol. The number of furan rings is 1. The van der Waals surface area contributed by atoms with Crippen LogP contribution >= 0.6 is 0 Å². The zero-order chi connectivity index (χ0) is 14.8. The molecule has 0 fully saturated rings. The van der Waals surface area contributed by atoms with Crippen molar-refractivity contribution in [2.75, 3.05) is 6.61 Å². The van der Waals surface area contributed by atoms with Crippen molar-refractivity contribution in [3.8, 4) is 11.5 Å². The molecule has 0 spiro atoms. The number of esters is 1. The fourth-order valence-corrected chi connectivity index (χ4v) is 1.97. The molecule has 3 aromatic rings. The summed E-state index contributed by atoms with van der Waals surface area (Å²) in [7, 11) is 0. The Labute approximate surface area is 119 Å². The SMILES string of the molecule is CC(=O)OCC(N)n1cnc2c(-c3ccco3)ncnc21. The van der Waals surface area contributed by atoms with Gasteiger partial charge in [0, 0.05) is 6.92 Å². The number of imidazole rings is 1. The summed E-state index contributed by atoms with van der Waals surface area (Å²) in [5.74, 6) is 0.210. The third kappa shape index (κ3) is 2.48. The first kappa shape index (κ1) is 13.3. The molecule has 3 aromatic heterocycles. The van der Waals surface area contributed by atoms with E-state index < -0.39 is 6.17 Å². The smallest absolute Gasteiger partial charge is 0.302 e. The molecule has 0 bridgehead atoms. The number of aromatic nitrogens is 4. The van der Waals surface area contributed by atoms with Crippen molar-refractivity contribution in [2.45, 2.75) is 13.1 Å². The topological polar surface area (TPSA) is 109 Å². The van der Waals surface area contributed by atoms with Crippen LogP contribution in [0.2, 0.25) is 0 Å². The van der Waals surface area contributed by atoms with E-state index in [1.54, 1.807) is 29.3 Å². The number of fused-ring (bicyclic) bond motifs is 1. The zero-order valence-corrected chi connectivity index (χ0v) is 11.3. The van der Waals surface area contributed by atoms with Gasteiger partial charge in [0.1, 0.15) is 30.3 Å². The van der Waals surface area contributed by atoms with Crippen LogP contribution in [0.3, 0.4) is 0 Å². The Balaban J connectivity index is 1.99. The second-order valence-electron chi connectivity index (χ2n) is 4.39. The first-order chi connectivity index (χ1) is 10.2. The lowest BCUT2D eigenvalue weighted by atomic mass is 10.3. The molecule has 0 aromatic carbocycles. The van der Waals surface area contributed by atoms with Crippen LogP contribution in [0.25, 0.3) is 22.6 Å². The maximum atomic E-state index is 10.9. The summed E-state index contributed by atoms with van der Waals surface area (Å²) in [6.07, 6.45) is 3.95. The average Bonchev–Trinajstić information content (AvgIpc) is 3.13. The van der Waals surface area contributed by atoms with E-state index in [0.29, 0.717) is 22.6 Å². The predicted octanol–water partition coefficient (Wildman–Crippen LogP) is 1.11. The first-order valence-electron chi connectivity index (χ1n) is 6.27. The maximum absolute atomic E-state index is 10.9. The van der Waals surface area contributed by atoms with Crippen LogP contribution in [0.15, 0.2) is 35.5 Å². The molecule has 0 saturated heterocycles. The van der Waals surface area contributed by atoms with Gasteiger partial charge in [-0.25, -0.2) is 15.0 Å². The van der Waals surface area contributed by atoms with Gasteiger partial charge in [0.25, 0.3) is 0 Å². The lowest BCUT2D eigenvalue weighted by molar-refractivity contribution is -0.142. The summed E-state index contributed by atoms with van der Waals surface area (Å²) >= 11 is 0. The van der Waals surface area contributed by atoms with Crippen molar-refractivity contribution in [1.82, 2.24) is 19.5 Å². The summed E-state index contributed by atoms with van der Waals surface area (Å²) in [4.78, 5) is 23.5. The molecule has 0 amide bonds. The van der Waals surface area contributed by atoms with Crippen LogP contribution in [-0.4, -0.2) is 32.1 Å². The lowest BCUT2D eigenvalue weighted by Crippen LogP contribution is -2.24. The number of nitrogens with zero attached hydrogens (tertiary/aromatic N) is 4. The van der Waals surface area contributed by atoms with E-state index in [0.717, 1.165) is 0 Å². The first-order valence-corrected chi connectivity index (χ1v) is 6.27. The van der Waals surface area contributed by atoms with Crippen molar-refractivity contribution in [3.05, 3.63) is 31.1 Å². The van der Waals surface area contributed by atoms with Gasteiger partial charge in [-0.3, -0.25) is 9.36 Å². The molecule has 8 nitrogen and oxygen atoms in total. The summed E-state index contributed by atoms with van der Waals surface area (Å²) < 4.78 is 11.9. The van der Waals surface area contributed by atoms with Crippen molar-refractivity contribution < 1.29 is 13.9 Å². The van der Waals surface area contributed by atoms with Crippen LogP contribution < -0.4 is 5.73 Å². The second kappa shape index (κ2) is 5.33. The van der Waals surface area contributed by atoms with Gasteiger partial charge in [-0.1, -0.05) is 0 Å². The van der Waals surface area contributed by atoms with E-state index in [2.05, 4.69) is 15.0 Å². The van der Waals surface area contributed by atoms with Crippen molar-refractivity contribution >= 4 is 17.1 Å². The van der Waals surface area contributed by atoms with Gasteiger partial charge in [-0.2, -0.15) is 0 Å². The van der Waals surface area contributed by atoms with Crippen LogP contribution in [-0.2, 0) is 9.53 Å². The minimum Gasteiger partial charge on any atom is -0.463 e. The Morgan fingerprint density at radius 3 is 3.05 bits per heavy atom. The summed E-state index contributed by atoms with van der Waals surface area (Å²) in [5.41, 5.74) is 7.70. The molecule has 2 N–H and O–H groups in total. The highest BCUT2D eigenvalue weighted by Crippen LogP contribution is 2.25. The molecule has 0 aliphatic rings. The molecule has 3 rings (SSSR count). The van der Waals surface area contributed by atoms with Crippen molar-refractivity contribution in [2.24, 2.45) is 5.73 Å². The van der Waals surface area contributed by atoms with Crippen LogP contribution in [0.4, 0.5) is 0 Å². The standard InChI is InChI=1S/C13H13N5O3/c1-8(19)21-5-10(14)18-7-17-12-11(9-3-2-4-20-9)15-6-16-13(12)18/h2-4,6-7,10H,5,14H2,1H3. The van der Waals surface area contributed by atoms with Gasteiger partial charge in [0.05, 0.1) is 12.6 Å². The number of ether oxygens (including phenoxy) is 1. The van der Waals surface area contributed by atoms with E-state index in [-0.39, 0.29) is 12.6 Å². The summed E-state index contributed by atoms with van der Waals surface area (Å²) in [6, 6.07) is 3.56. The van der Waals surface area contributed by atoms with Crippen LogP contribution in [0.5, 0.6) is 0 Å². The summed E-state index contributed by atoms with van der Waals surface area (Å²) in [6.45, 7) is 1.37. The largest absolute Gasteiger partial charge is 0.463 e. The lowest BCUT2D eigenvalue weighted by Gasteiger charge is -2.13. The molecule has 108 valence electrons. The van der Waals surface area contributed by atoms with Gasteiger partial charge < -0.3 is 14.9 Å². The molecular formula is C13H13N5O3. The van der Waals surface area contributed by atoms with E-state index in [1.165, 1.54) is 13.3 Å².